The van der Waals surface area contributed by atoms with E-state index in [0.29, 0.717) is 11.3 Å². The molecule has 1 aromatic rings. The van der Waals surface area contributed by atoms with Crippen LogP contribution in [0.3, 0.4) is 0 Å². The largest absolute Gasteiger partial charge is 0.399 e. The maximum atomic E-state index is 11.7. The normalized spacial score (nSPS) is 26.0. The van der Waals surface area contributed by atoms with E-state index in [0.717, 1.165) is 31.6 Å². The summed E-state index contributed by atoms with van der Waals surface area (Å²) in [7, 11) is -3.77. The molecule has 0 spiro atoms. The second-order valence-electron chi connectivity index (χ2n) is 5.57. The number of morpholine rings is 1. The molecule has 2 aliphatic rings. The molecule has 6 nitrogen and oxygen atoms in total. The van der Waals surface area contributed by atoms with Crippen molar-refractivity contribution in [2.45, 2.75) is 36.9 Å². The van der Waals surface area contributed by atoms with Crippen LogP contribution in [0.2, 0.25) is 0 Å². The molecule has 0 saturated carbocycles. The van der Waals surface area contributed by atoms with Crippen LogP contribution in [-0.2, 0) is 14.8 Å². The molecule has 2 fully saturated rings. The number of benzene rings is 1. The lowest BCUT2D eigenvalue weighted by atomic mass is 10.1. The first kappa shape index (κ1) is 13.7. The van der Waals surface area contributed by atoms with Crippen LogP contribution >= 0.6 is 0 Å². The molecule has 2 atom stereocenters. The minimum Gasteiger partial charge on any atom is -0.399 e. The molecule has 7 heteroatoms. The van der Waals surface area contributed by atoms with Crippen molar-refractivity contribution < 1.29 is 13.2 Å². The molecular formula is C13H19N3O3S. The van der Waals surface area contributed by atoms with Crippen molar-refractivity contribution in [3.8, 4) is 0 Å². The fourth-order valence-electron chi connectivity index (χ4n) is 3.13. The summed E-state index contributed by atoms with van der Waals surface area (Å²) in [6, 6.07) is 3.23. The maximum absolute atomic E-state index is 11.7. The van der Waals surface area contributed by atoms with Crippen LogP contribution in [-0.4, -0.2) is 33.7 Å². The predicted molar refractivity (Wildman–Crippen MR) is 77.1 cm³/mol. The van der Waals surface area contributed by atoms with E-state index >= 15 is 0 Å². The minimum atomic E-state index is -3.77. The Labute approximate surface area is 118 Å². The summed E-state index contributed by atoms with van der Waals surface area (Å²) in [6.07, 6.45) is 2.58. The van der Waals surface area contributed by atoms with Gasteiger partial charge in [-0.2, -0.15) is 0 Å². The van der Waals surface area contributed by atoms with Crippen molar-refractivity contribution in [1.29, 1.82) is 0 Å². The lowest BCUT2D eigenvalue weighted by Gasteiger charge is -2.35. The molecule has 2 heterocycles. The topological polar surface area (TPSA) is 98.7 Å². The zero-order valence-corrected chi connectivity index (χ0v) is 12.2. The summed E-state index contributed by atoms with van der Waals surface area (Å²) < 4.78 is 29.1. The fourth-order valence-corrected chi connectivity index (χ4v) is 3.96. The Morgan fingerprint density at radius 1 is 1.25 bits per heavy atom. The Morgan fingerprint density at radius 3 is 2.40 bits per heavy atom. The van der Waals surface area contributed by atoms with E-state index in [4.69, 9.17) is 15.6 Å². The zero-order chi connectivity index (χ0) is 14.5. The van der Waals surface area contributed by atoms with Gasteiger partial charge in [-0.15, -0.1) is 0 Å². The van der Waals surface area contributed by atoms with Crippen molar-refractivity contribution in [1.82, 2.24) is 0 Å². The average Bonchev–Trinajstić information content (AvgIpc) is 2.69. The van der Waals surface area contributed by atoms with Gasteiger partial charge in [0, 0.05) is 24.5 Å². The highest BCUT2D eigenvalue weighted by atomic mass is 32.2. The van der Waals surface area contributed by atoms with Crippen LogP contribution < -0.4 is 15.8 Å². The molecule has 0 amide bonds. The van der Waals surface area contributed by atoms with Gasteiger partial charge < -0.3 is 15.4 Å². The van der Waals surface area contributed by atoms with Gasteiger partial charge in [-0.25, -0.2) is 13.6 Å². The number of nitrogens with two attached hydrogens (primary N) is 2. The Hall–Kier alpha value is -1.31. The quantitative estimate of drug-likeness (QED) is 0.779. The van der Waals surface area contributed by atoms with E-state index in [2.05, 4.69) is 4.90 Å². The second kappa shape index (κ2) is 4.61. The van der Waals surface area contributed by atoms with Crippen molar-refractivity contribution in [3.05, 3.63) is 17.7 Å². The fraction of sp³-hybridized carbons (Fsp3) is 0.538. The standard InChI is InChI=1S/C13H19N3O3S/c1-8-12(4-9(14)5-13(8)20(15,17)18)16-6-10-2-3-11(7-16)19-10/h4-5,10-11H,2-3,6-7,14H2,1H3,(H2,15,17,18). The second-order valence-corrected chi connectivity index (χ2v) is 7.10. The Balaban J connectivity index is 2.03. The SMILES string of the molecule is Cc1c(N2CC3CCC(C2)O3)cc(N)cc1S(N)(=O)=O. The van der Waals surface area contributed by atoms with Gasteiger partial charge in [0.1, 0.15) is 0 Å². The van der Waals surface area contributed by atoms with E-state index in [9.17, 15) is 8.42 Å². The molecule has 2 aliphatic heterocycles. The molecular weight excluding hydrogens is 278 g/mol. The third-order valence-corrected chi connectivity index (χ3v) is 5.08. The molecule has 2 saturated heterocycles. The van der Waals surface area contributed by atoms with Crippen LogP contribution in [0.25, 0.3) is 0 Å². The number of hydrogen-bond acceptors (Lipinski definition) is 5. The number of nitrogen functional groups attached to an aromatic ring is 1. The number of hydrogen-bond donors (Lipinski definition) is 2. The molecule has 0 aliphatic carbocycles. The minimum absolute atomic E-state index is 0.103. The van der Waals surface area contributed by atoms with E-state index in [1.807, 2.05) is 6.07 Å². The predicted octanol–water partition coefficient (Wildman–Crippen LogP) is 0.592. The number of ether oxygens (including phenoxy) is 1. The Kier molecular flexibility index (Phi) is 3.15. The van der Waals surface area contributed by atoms with Gasteiger partial charge in [0.05, 0.1) is 17.1 Å². The van der Waals surface area contributed by atoms with Crippen molar-refractivity contribution in [3.63, 3.8) is 0 Å². The number of sulfonamides is 1. The number of rotatable bonds is 2. The van der Waals surface area contributed by atoms with Gasteiger partial charge in [-0.1, -0.05) is 0 Å². The molecule has 2 unspecified atom stereocenters. The monoisotopic (exact) mass is 297 g/mol. The van der Waals surface area contributed by atoms with Gasteiger partial charge in [-0.3, -0.25) is 0 Å². The van der Waals surface area contributed by atoms with Crippen LogP contribution in [0.5, 0.6) is 0 Å². The highest BCUT2D eigenvalue weighted by Gasteiger charge is 2.34. The van der Waals surface area contributed by atoms with Crippen LogP contribution in [0.1, 0.15) is 18.4 Å². The number of anilines is 2. The zero-order valence-electron chi connectivity index (χ0n) is 11.4. The van der Waals surface area contributed by atoms with Gasteiger partial charge in [-0.05, 0) is 37.5 Å². The Morgan fingerprint density at radius 2 is 1.85 bits per heavy atom. The summed E-state index contributed by atoms with van der Waals surface area (Å²) in [5.41, 5.74) is 7.75. The molecule has 0 radical (unpaired) electrons. The molecule has 3 rings (SSSR count). The van der Waals surface area contributed by atoms with Gasteiger partial charge in [0.2, 0.25) is 10.0 Å². The molecule has 110 valence electrons. The summed E-state index contributed by atoms with van der Waals surface area (Å²) in [5, 5.41) is 5.27. The van der Waals surface area contributed by atoms with E-state index in [1.165, 1.54) is 6.07 Å². The third-order valence-electron chi connectivity index (χ3n) is 4.05. The molecule has 4 N–H and O–H groups in total. The molecule has 0 aromatic heterocycles. The van der Waals surface area contributed by atoms with Crippen LogP contribution in [0.15, 0.2) is 17.0 Å². The summed E-state index contributed by atoms with van der Waals surface area (Å²) in [5.74, 6) is 0. The smallest absolute Gasteiger partial charge is 0.238 e. The maximum Gasteiger partial charge on any atom is 0.238 e. The van der Waals surface area contributed by atoms with Gasteiger partial charge >= 0.3 is 0 Å². The molecule has 2 bridgehead atoms. The first-order valence-corrected chi connectivity index (χ1v) is 8.22. The average molecular weight is 297 g/mol. The summed E-state index contributed by atoms with van der Waals surface area (Å²) in [6.45, 7) is 3.31. The Bertz CT molecular complexity index is 633. The van der Waals surface area contributed by atoms with Crippen LogP contribution in [0, 0.1) is 6.92 Å². The lowest BCUT2D eigenvalue weighted by molar-refractivity contribution is 0.0304. The first-order chi connectivity index (χ1) is 9.34. The first-order valence-electron chi connectivity index (χ1n) is 6.68. The number of nitrogens with zero attached hydrogens (tertiary/aromatic N) is 1. The number of fused-ring (bicyclic) bond motifs is 2. The highest BCUT2D eigenvalue weighted by molar-refractivity contribution is 7.89. The van der Waals surface area contributed by atoms with Crippen LogP contribution in [0.4, 0.5) is 11.4 Å². The van der Waals surface area contributed by atoms with Crippen molar-refractivity contribution >= 4 is 21.4 Å². The van der Waals surface area contributed by atoms with Crippen molar-refractivity contribution in [2.75, 3.05) is 23.7 Å². The summed E-state index contributed by atoms with van der Waals surface area (Å²) >= 11 is 0. The lowest BCUT2D eigenvalue weighted by Crippen LogP contribution is -2.43. The van der Waals surface area contributed by atoms with E-state index in [1.54, 1.807) is 6.92 Å². The highest BCUT2D eigenvalue weighted by Crippen LogP contribution is 2.34. The molecule has 20 heavy (non-hydrogen) atoms. The number of primary sulfonamides is 1. The molecule has 1 aromatic carbocycles. The van der Waals surface area contributed by atoms with Crippen molar-refractivity contribution in [2.24, 2.45) is 5.14 Å². The van der Waals surface area contributed by atoms with E-state index in [-0.39, 0.29) is 17.1 Å². The summed E-state index contributed by atoms with van der Waals surface area (Å²) in [4.78, 5) is 2.26. The van der Waals surface area contributed by atoms with Gasteiger partial charge in [0.25, 0.3) is 0 Å². The van der Waals surface area contributed by atoms with E-state index < -0.39 is 10.0 Å². The van der Waals surface area contributed by atoms with Gasteiger partial charge in [0.15, 0.2) is 0 Å². The third kappa shape index (κ3) is 2.36.